The Morgan fingerprint density at radius 3 is 1.98 bits per heavy atom. The number of aryl methyl sites for hydroxylation is 2. The van der Waals surface area contributed by atoms with Crippen LogP contribution in [-0.4, -0.2) is 4.70 Å². The van der Waals surface area contributed by atoms with Crippen LogP contribution in [0.5, 0.6) is 0 Å². The molecule has 0 spiro atoms. The Kier molecular flexibility index (Phi) is 14.0. The fourth-order valence-electron chi connectivity index (χ4n) is 5.92. The molecule has 0 saturated heterocycles. The number of nitrogens with zero attached hydrogens (tertiary/aromatic N) is 2. The third kappa shape index (κ3) is 8.79. The number of unbranched alkanes of at least 4 members (excludes halogenated alkanes) is 8. The maximum atomic E-state index is 11.9. The molecule has 0 unspecified atom stereocenters. The summed E-state index contributed by atoms with van der Waals surface area (Å²) in [6.45, 7) is 8.87. The Balaban J connectivity index is 1.93. The largest absolute Gasteiger partial charge is 0.493 e. The molecule has 0 saturated carbocycles. The fourth-order valence-corrected chi connectivity index (χ4v) is 5.92. The van der Waals surface area contributed by atoms with Crippen molar-refractivity contribution in [3.63, 3.8) is 0 Å². The van der Waals surface area contributed by atoms with Crippen LogP contribution in [0.25, 0.3) is 16.9 Å². The second kappa shape index (κ2) is 17.7. The van der Waals surface area contributed by atoms with Crippen molar-refractivity contribution in [2.45, 2.75) is 130 Å². The van der Waals surface area contributed by atoms with E-state index in [2.05, 4.69) is 88.1 Å². The molecule has 0 N–H and O–H groups in total. The highest BCUT2D eigenvalue weighted by Gasteiger charge is 2.35. The van der Waals surface area contributed by atoms with E-state index in [1.54, 1.807) is 0 Å². The molecular weight excluding hydrogens is 484 g/mol. The minimum absolute atomic E-state index is 0.844. The Morgan fingerprint density at radius 2 is 1.27 bits per heavy atom. The summed E-state index contributed by atoms with van der Waals surface area (Å²) in [5.74, 6) is 6.52. The van der Waals surface area contributed by atoms with Crippen molar-refractivity contribution in [3.05, 3.63) is 87.5 Å². The average molecular weight is 537 g/mol. The molecule has 0 amide bonds. The van der Waals surface area contributed by atoms with Gasteiger partial charge >= 0.3 is 0 Å². The zero-order valence-corrected chi connectivity index (χ0v) is 25.8. The van der Waals surface area contributed by atoms with Gasteiger partial charge in [-0.3, -0.25) is 0 Å². The van der Waals surface area contributed by atoms with Crippen molar-refractivity contribution in [1.29, 1.82) is 0 Å². The van der Waals surface area contributed by atoms with E-state index in [0.717, 1.165) is 67.5 Å². The first kappa shape index (κ1) is 31.6. The molecule has 1 heterocycles. The number of rotatable bonds is 17. The summed E-state index contributed by atoms with van der Waals surface area (Å²) in [4.78, 5) is 0. The van der Waals surface area contributed by atoms with Gasteiger partial charge in [0.1, 0.15) is 0 Å². The Labute approximate surface area is 245 Å². The van der Waals surface area contributed by atoms with Gasteiger partial charge in [-0.05, 0) is 67.9 Å². The molecule has 0 aliphatic carbocycles. The van der Waals surface area contributed by atoms with Crippen LogP contribution in [0.4, 0.5) is 0 Å². The van der Waals surface area contributed by atoms with E-state index in [9.17, 15) is 5.53 Å². The molecule has 2 heteroatoms. The average Bonchev–Trinajstić information content (AvgIpc) is 3.26. The molecule has 1 aliphatic heterocycles. The van der Waals surface area contributed by atoms with Gasteiger partial charge in [-0.25, -0.2) is 4.70 Å². The lowest BCUT2D eigenvalue weighted by molar-refractivity contribution is -0.345. The van der Waals surface area contributed by atoms with E-state index in [1.165, 1.54) is 84.8 Å². The lowest BCUT2D eigenvalue weighted by atomic mass is 9.91. The van der Waals surface area contributed by atoms with Gasteiger partial charge in [0.25, 0.3) is 0 Å². The molecule has 0 bridgehead atoms. The summed E-state index contributed by atoms with van der Waals surface area (Å²) in [5, 5.41) is 0. The number of hydrogen-bond donors (Lipinski definition) is 0. The van der Waals surface area contributed by atoms with E-state index in [1.807, 2.05) is 0 Å². The van der Waals surface area contributed by atoms with E-state index in [4.69, 9.17) is 0 Å². The molecule has 0 radical (unpaired) electrons. The summed E-state index contributed by atoms with van der Waals surface area (Å²) in [5.41, 5.74) is 21.4. The number of allylic oxidation sites excluding steroid dienone is 2. The second-order valence-electron chi connectivity index (χ2n) is 11.2. The van der Waals surface area contributed by atoms with Crippen LogP contribution in [0.2, 0.25) is 0 Å². The van der Waals surface area contributed by atoms with E-state index < -0.39 is 0 Å². The minimum atomic E-state index is 0.844. The van der Waals surface area contributed by atoms with Crippen molar-refractivity contribution in [1.82, 2.24) is 0 Å². The molecule has 0 aromatic heterocycles. The number of hydrogen-bond acceptors (Lipinski definition) is 0. The van der Waals surface area contributed by atoms with Gasteiger partial charge in [0.05, 0.1) is 0 Å². The lowest BCUT2D eigenvalue weighted by Gasteiger charge is -2.13. The highest BCUT2D eigenvalue weighted by atomic mass is 15.2. The van der Waals surface area contributed by atoms with Crippen LogP contribution in [0.15, 0.2) is 59.7 Å². The predicted octanol–water partition coefficient (Wildman–Crippen LogP) is 11.5. The molecule has 0 fully saturated rings. The van der Waals surface area contributed by atoms with Crippen LogP contribution in [0, 0.1) is 11.8 Å². The monoisotopic (exact) mass is 536 g/mol. The van der Waals surface area contributed by atoms with Crippen molar-refractivity contribution in [3.8, 4) is 11.8 Å². The zero-order chi connectivity index (χ0) is 28.6. The molecule has 2 aromatic carbocycles. The van der Waals surface area contributed by atoms with Crippen LogP contribution in [0.3, 0.4) is 0 Å². The molecule has 0 atom stereocenters. The van der Waals surface area contributed by atoms with E-state index in [-0.39, 0.29) is 0 Å². The topological polar surface area (TPSA) is 25.3 Å². The third-order valence-corrected chi connectivity index (χ3v) is 8.13. The smallest absolute Gasteiger partial charge is 0.211 e. The summed E-state index contributed by atoms with van der Waals surface area (Å²) in [7, 11) is 0. The third-order valence-electron chi connectivity index (χ3n) is 8.13. The Morgan fingerprint density at radius 1 is 0.625 bits per heavy atom. The molecule has 214 valence electrons. The van der Waals surface area contributed by atoms with Crippen LogP contribution >= 0.6 is 0 Å². The quantitative estimate of drug-likeness (QED) is 0.109. The SMILES string of the molecule is CCC#CCCc1ccccc1C1=C(CCCCCCCC)C(CC)=C(c2ccc(CCCCCC)cc2)[N+]1=[N-]. The molecule has 2 aromatic rings. The van der Waals surface area contributed by atoms with Crippen molar-refractivity contribution < 1.29 is 4.70 Å². The van der Waals surface area contributed by atoms with Crippen molar-refractivity contribution >= 4 is 11.4 Å². The van der Waals surface area contributed by atoms with Gasteiger partial charge in [-0.2, -0.15) is 0 Å². The first-order valence-corrected chi connectivity index (χ1v) is 16.2. The normalized spacial score (nSPS) is 13.2. The standard InChI is InChI=1S/C38H52N2/c1-5-9-12-15-16-19-26-36-34(8-4)37(33-29-27-31(28-30-33)22-17-13-10-6-2)40(39)38(36)35-25-21-20-24-32(35)23-18-14-11-7-3/h20-21,24-25,27-30H,5-10,12-13,15-19,22-23,26H2,1-4H3. The van der Waals surface area contributed by atoms with Gasteiger partial charge in [0.2, 0.25) is 11.4 Å². The van der Waals surface area contributed by atoms with Crippen LogP contribution < -0.4 is 0 Å². The van der Waals surface area contributed by atoms with E-state index >= 15 is 0 Å². The van der Waals surface area contributed by atoms with E-state index in [0.29, 0.717) is 0 Å². The molecular formula is C38H52N2. The summed E-state index contributed by atoms with van der Waals surface area (Å²) < 4.78 is 1.53. The molecule has 1 aliphatic rings. The van der Waals surface area contributed by atoms with Gasteiger partial charge in [-0.1, -0.05) is 109 Å². The predicted molar refractivity (Wildman–Crippen MR) is 173 cm³/mol. The van der Waals surface area contributed by atoms with Crippen molar-refractivity contribution in [2.24, 2.45) is 0 Å². The first-order chi connectivity index (χ1) is 19.7. The second-order valence-corrected chi connectivity index (χ2v) is 11.2. The van der Waals surface area contributed by atoms with Gasteiger partial charge in [0.15, 0.2) is 0 Å². The van der Waals surface area contributed by atoms with Gasteiger partial charge in [0, 0.05) is 35.1 Å². The minimum Gasteiger partial charge on any atom is -0.493 e. The number of benzene rings is 2. The first-order valence-electron chi connectivity index (χ1n) is 16.2. The maximum Gasteiger partial charge on any atom is 0.211 e. The van der Waals surface area contributed by atoms with Crippen LogP contribution in [0.1, 0.15) is 140 Å². The molecule has 2 nitrogen and oxygen atoms in total. The lowest BCUT2D eigenvalue weighted by Crippen LogP contribution is -2.05. The summed E-state index contributed by atoms with van der Waals surface area (Å²) in [6.07, 6.45) is 18.4. The molecule has 40 heavy (non-hydrogen) atoms. The van der Waals surface area contributed by atoms with Gasteiger partial charge < -0.3 is 5.53 Å². The van der Waals surface area contributed by atoms with Crippen LogP contribution in [-0.2, 0) is 12.8 Å². The highest BCUT2D eigenvalue weighted by molar-refractivity contribution is 5.82. The Hall–Kier alpha value is -2.92. The van der Waals surface area contributed by atoms with Crippen molar-refractivity contribution in [2.75, 3.05) is 0 Å². The molecule has 3 rings (SSSR count). The maximum absolute atomic E-state index is 11.9. The summed E-state index contributed by atoms with van der Waals surface area (Å²) >= 11 is 0. The summed E-state index contributed by atoms with van der Waals surface area (Å²) in [6, 6.07) is 17.6. The van der Waals surface area contributed by atoms with Gasteiger partial charge in [-0.15, -0.1) is 11.8 Å². The Bertz CT molecular complexity index is 1200. The fraction of sp³-hybridized carbons (Fsp3) is 0.526. The zero-order valence-electron chi connectivity index (χ0n) is 25.8. The highest BCUT2D eigenvalue weighted by Crippen LogP contribution is 2.44.